The second-order valence-corrected chi connectivity index (χ2v) is 10.3. The maximum Gasteiger partial charge on any atom is 0.116 e. The Bertz CT molecular complexity index is 1700. The van der Waals surface area contributed by atoms with Crippen LogP contribution >= 0.6 is 0 Å². The lowest BCUT2D eigenvalue weighted by atomic mass is 9.85. The van der Waals surface area contributed by atoms with E-state index in [2.05, 4.69) is 69.1 Å². The Morgan fingerprint density at radius 3 is 2.68 bits per heavy atom. The van der Waals surface area contributed by atoms with E-state index < -0.39 is 0 Å². The van der Waals surface area contributed by atoms with E-state index in [1.807, 2.05) is 43.8 Å². The van der Waals surface area contributed by atoms with Gasteiger partial charge in [0.15, 0.2) is 0 Å². The Morgan fingerprint density at radius 2 is 1.87 bits per heavy atom. The second-order valence-electron chi connectivity index (χ2n) is 10.3. The van der Waals surface area contributed by atoms with Gasteiger partial charge in [0.25, 0.3) is 0 Å². The number of pyridine rings is 2. The van der Waals surface area contributed by atoms with Crippen LogP contribution in [-0.2, 0) is 6.42 Å². The van der Waals surface area contributed by atoms with Crippen LogP contribution in [0.5, 0.6) is 0 Å². The fraction of sp³-hybridized carbons (Fsp3) is 0.242. The lowest BCUT2D eigenvalue weighted by Gasteiger charge is -2.21. The van der Waals surface area contributed by atoms with Crippen LogP contribution in [0.25, 0.3) is 51.1 Å². The number of benzene rings is 1. The predicted octanol–water partition coefficient (Wildman–Crippen LogP) is 6.43. The molecule has 1 fully saturated rings. The van der Waals surface area contributed by atoms with E-state index in [0.717, 1.165) is 61.9 Å². The lowest BCUT2D eigenvalue weighted by Crippen LogP contribution is -2.23. The third kappa shape index (κ3) is 4.84. The summed E-state index contributed by atoms with van der Waals surface area (Å²) in [6.07, 6.45) is 19.6. The number of nitrogens with zero attached hydrogens (tertiary/aromatic N) is 3. The SMILES string of the molecule is C=C(/C=c1/c(-c2cc3c(-c4ccncc4)cccc3[nH]2)n[nH]/c1=C/C)c1cncc(CC2CCCCC2)c1. The number of nitrogens with one attached hydrogen (secondary N) is 2. The van der Waals surface area contributed by atoms with Crippen molar-refractivity contribution in [3.63, 3.8) is 0 Å². The van der Waals surface area contributed by atoms with E-state index in [1.165, 1.54) is 43.2 Å². The highest BCUT2D eigenvalue weighted by Crippen LogP contribution is 2.31. The van der Waals surface area contributed by atoms with Crippen LogP contribution in [0.1, 0.15) is 50.2 Å². The molecule has 4 heterocycles. The summed E-state index contributed by atoms with van der Waals surface area (Å²) >= 11 is 0. The molecular weight excluding hydrogens is 466 g/mol. The Hall–Kier alpha value is -4.25. The zero-order valence-corrected chi connectivity index (χ0v) is 21.9. The van der Waals surface area contributed by atoms with Gasteiger partial charge in [-0.3, -0.25) is 15.1 Å². The van der Waals surface area contributed by atoms with Gasteiger partial charge in [0.1, 0.15) is 5.69 Å². The Balaban J connectivity index is 1.37. The summed E-state index contributed by atoms with van der Waals surface area (Å²) in [6, 6.07) is 14.9. The molecule has 1 aromatic carbocycles. The van der Waals surface area contributed by atoms with E-state index in [0.29, 0.717) is 0 Å². The van der Waals surface area contributed by atoms with Gasteiger partial charge in [0, 0.05) is 40.9 Å². The molecular formula is C33H33N5. The van der Waals surface area contributed by atoms with Crippen molar-refractivity contribution < 1.29 is 0 Å². The van der Waals surface area contributed by atoms with Crippen LogP contribution in [-0.4, -0.2) is 25.1 Å². The maximum absolute atomic E-state index is 4.71. The van der Waals surface area contributed by atoms with E-state index in [-0.39, 0.29) is 0 Å². The summed E-state index contributed by atoms with van der Waals surface area (Å²) < 4.78 is 0. The molecule has 5 aromatic rings. The molecule has 4 aromatic heterocycles. The van der Waals surface area contributed by atoms with Gasteiger partial charge in [0.2, 0.25) is 0 Å². The molecule has 0 bridgehead atoms. The molecule has 0 saturated heterocycles. The first-order valence-corrected chi connectivity index (χ1v) is 13.6. The van der Waals surface area contributed by atoms with Crippen LogP contribution in [0, 0.1) is 5.92 Å². The number of hydrogen-bond donors (Lipinski definition) is 2. The van der Waals surface area contributed by atoms with Crippen LogP contribution in [0.4, 0.5) is 0 Å². The Kier molecular flexibility index (Phi) is 6.74. The monoisotopic (exact) mass is 499 g/mol. The number of aromatic amines is 2. The molecule has 0 unspecified atom stereocenters. The average molecular weight is 500 g/mol. The van der Waals surface area contributed by atoms with Crippen LogP contribution in [0.15, 0.2) is 73.8 Å². The van der Waals surface area contributed by atoms with Crippen LogP contribution in [0.3, 0.4) is 0 Å². The number of allylic oxidation sites excluding steroid dienone is 1. The zero-order chi connectivity index (χ0) is 25.9. The molecule has 6 rings (SSSR count). The lowest BCUT2D eigenvalue weighted by molar-refractivity contribution is 0.356. The molecule has 0 radical (unpaired) electrons. The van der Waals surface area contributed by atoms with Crippen molar-refractivity contribution in [2.75, 3.05) is 0 Å². The van der Waals surface area contributed by atoms with Crippen molar-refractivity contribution in [3.05, 3.63) is 95.5 Å². The first-order valence-electron chi connectivity index (χ1n) is 13.6. The van der Waals surface area contributed by atoms with Gasteiger partial charge in [-0.15, -0.1) is 0 Å². The molecule has 0 aliphatic heterocycles. The van der Waals surface area contributed by atoms with Crippen LogP contribution < -0.4 is 10.6 Å². The summed E-state index contributed by atoms with van der Waals surface area (Å²) in [5.41, 5.74) is 8.52. The molecule has 1 aliphatic rings. The van der Waals surface area contributed by atoms with E-state index in [9.17, 15) is 0 Å². The largest absolute Gasteiger partial charge is 0.353 e. The molecule has 38 heavy (non-hydrogen) atoms. The molecule has 0 amide bonds. The molecule has 1 saturated carbocycles. The predicted molar refractivity (Wildman–Crippen MR) is 157 cm³/mol. The highest BCUT2D eigenvalue weighted by atomic mass is 15.1. The fourth-order valence-corrected chi connectivity index (χ4v) is 5.76. The van der Waals surface area contributed by atoms with Crippen molar-refractivity contribution in [1.82, 2.24) is 25.1 Å². The van der Waals surface area contributed by atoms with E-state index in [1.54, 1.807) is 0 Å². The number of fused-ring (bicyclic) bond motifs is 1. The Morgan fingerprint density at radius 1 is 1.03 bits per heavy atom. The third-order valence-corrected chi connectivity index (χ3v) is 7.77. The van der Waals surface area contributed by atoms with Gasteiger partial charge in [-0.25, -0.2) is 0 Å². The van der Waals surface area contributed by atoms with Crippen molar-refractivity contribution >= 4 is 28.6 Å². The van der Waals surface area contributed by atoms with E-state index >= 15 is 0 Å². The Labute approximate surface area is 223 Å². The molecule has 5 nitrogen and oxygen atoms in total. The fourth-order valence-electron chi connectivity index (χ4n) is 5.76. The first kappa shape index (κ1) is 24.1. The van der Waals surface area contributed by atoms with Crippen molar-refractivity contribution in [1.29, 1.82) is 0 Å². The molecule has 2 N–H and O–H groups in total. The number of hydrogen-bond acceptors (Lipinski definition) is 3. The highest BCUT2D eigenvalue weighted by molar-refractivity contribution is 5.98. The molecule has 0 atom stereocenters. The van der Waals surface area contributed by atoms with Gasteiger partial charge in [0.05, 0.1) is 11.0 Å². The summed E-state index contributed by atoms with van der Waals surface area (Å²) in [4.78, 5) is 12.3. The molecule has 1 aliphatic carbocycles. The van der Waals surface area contributed by atoms with E-state index in [4.69, 9.17) is 5.10 Å². The average Bonchev–Trinajstić information content (AvgIpc) is 3.58. The van der Waals surface area contributed by atoms with Gasteiger partial charge in [-0.05, 0) is 83.5 Å². The summed E-state index contributed by atoms with van der Waals surface area (Å²) in [6.45, 7) is 6.45. The topological polar surface area (TPSA) is 70.2 Å². The summed E-state index contributed by atoms with van der Waals surface area (Å²) in [7, 11) is 0. The highest BCUT2D eigenvalue weighted by Gasteiger charge is 2.15. The maximum atomic E-state index is 4.71. The van der Waals surface area contributed by atoms with Gasteiger partial charge >= 0.3 is 0 Å². The minimum atomic E-state index is 0.777. The molecule has 190 valence electrons. The minimum Gasteiger partial charge on any atom is -0.353 e. The number of aromatic nitrogens is 5. The van der Waals surface area contributed by atoms with Crippen molar-refractivity contribution in [3.8, 4) is 22.5 Å². The zero-order valence-electron chi connectivity index (χ0n) is 21.9. The van der Waals surface area contributed by atoms with Crippen molar-refractivity contribution in [2.45, 2.75) is 45.4 Å². The normalized spacial score (nSPS) is 15.4. The first-order chi connectivity index (χ1) is 18.7. The number of rotatable bonds is 6. The second kappa shape index (κ2) is 10.6. The van der Waals surface area contributed by atoms with Gasteiger partial charge in [-0.1, -0.05) is 56.9 Å². The third-order valence-electron chi connectivity index (χ3n) is 7.77. The standard InChI is InChI=1S/C33H33N5/c1-3-30-29(16-22(2)26-18-24(20-35-21-26)17-23-8-5-4-6-9-23)33(38-37-30)32-19-28-27(10-7-11-31(28)36-32)25-12-14-34-15-13-25/h3,7,10-16,18-21,23,36-37H,2,4-6,8-9,17H2,1H3/b29-16+,30-3+. The van der Waals surface area contributed by atoms with Crippen molar-refractivity contribution in [2.24, 2.45) is 5.92 Å². The van der Waals surface area contributed by atoms with Gasteiger partial charge in [-0.2, -0.15) is 5.10 Å². The minimum absolute atomic E-state index is 0.777. The van der Waals surface area contributed by atoms with Crippen LogP contribution in [0.2, 0.25) is 0 Å². The summed E-state index contributed by atoms with van der Waals surface area (Å²) in [5.74, 6) is 0.777. The number of H-pyrrole nitrogens is 2. The molecule has 0 spiro atoms. The molecule has 5 heteroatoms. The van der Waals surface area contributed by atoms with Gasteiger partial charge < -0.3 is 4.98 Å². The summed E-state index contributed by atoms with van der Waals surface area (Å²) in [5, 5.41) is 11.1. The quantitative estimate of drug-likeness (QED) is 0.283. The smallest absolute Gasteiger partial charge is 0.116 e.